The highest BCUT2D eigenvalue weighted by atomic mass is 35.5. The molecule has 1 aliphatic rings. The quantitative estimate of drug-likeness (QED) is 0.859. The molecule has 0 saturated carbocycles. The van der Waals surface area contributed by atoms with E-state index in [9.17, 15) is 4.79 Å². The summed E-state index contributed by atoms with van der Waals surface area (Å²) >= 11 is 6.11. The van der Waals surface area contributed by atoms with E-state index in [1.165, 1.54) is 0 Å². The Morgan fingerprint density at radius 1 is 1.35 bits per heavy atom. The first-order chi connectivity index (χ1) is 9.38. The van der Waals surface area contributed by atoms with Gasteiger partial charge in [0.1, 0.15) is 0 Å². The molecule has 20 heavy (non-hydrogen) atoms. The lowest BCUT2D eigenvalue weighted by molar-refractivity contribution is -0.143. The van der Waals surface area contributed by atoms with Gasteiger partial charge in [-0.25, -0.2) is 0 Å². The zero-order valence-electron chi connectivity index (χ0n) is 12.5. The van der Waals surface area contributed by atoms with Crippen molar-refractivity contribution in [2.75, 3.05) is 13.1 Å². The van der Waals surface area contributed by atoms with Crippen LogP contribution < -0.4 is 0 Å². The first kappa shape index (κ1) is 15.3. The number of halogens is 1. The molecule has 0 spiro atoms. The number of morpholine rings is 1. The molecule has 1 aromatic heterocycles. The van der Waals surface area contributed by atoms with Crippen LogP contribution in [0.4, 0.5) is 0 Å². The van der Waals surface area contributed by atoms with E-state index in [-0.39, 0.29) is 18.1 Å². The van der Waals surface area contributed by atoms with Gasteiger partial charge in [-0.05, 0) is 27.7 Å². The highest BCUT2D eigenvalue weighted by Gasteiger charge is 2.25. The van der Waals surface area contributed by atoms with Gasteiger partial charge in [-0.15, -0.1) is 0 Å². The first-order valence-corrected chi connectivity index (χ1v) is 7.39. The molecule has 1 saturated heterocycles. The summed E-state index contributed by atoms with van der Waals surface area (Å²) < 4.78 is 7.45. The Kier molecular flexibility index (Phi) is 4.70. The summed E-state index contributed by atoms with van der Waals surface area (Å²) in [6, 6.07) is 0. The molecule has 6 heteroatoms. The van der Waals surface area contributed by atoms with Crippen molar-refractivity contribution in [3.63, 3.8) is 0 Å². The summed E-state index contributed by atoms with van der Waals surface area (Å²) in [5.41, 5.74) is 1.73. The number of hydrogen-bond donors (Lipinski definition) is 0. The highest BCUT2D eigenvalue weighted by Crippen LogP contribution is 2.19. The fourth-order valence-corrected chi connectivity index (χ4v) is 2.77. The predicted octanol–water partition coefficient (Wildman–Crippen LogP) is 2.18. The van der Waals surface area contributed by atoms with Gasteiger partial charge in [0.15, 0.2) is 0 Å². The molecule has 2 heterocycles. The zero-order valence-corrected chi connectivity index (χ0v) is 13.3. The predicted molar refractivity (Wildman–Crippen MR) is 77.9 cm³/mol. The molecule has 1 fully saturated rings. The molecule has 2 rings (SSSR count). The molecule has 112 valence electrons. The second kappa shape index (κ2) is 6.14. The monoisotopic (exact) mass is 299 g/mol. The van der Waals surface area contributed by atoms with Crippen LogP contribution in [0.3, 0.4) is 0 Å². The number of aromatic nitrogens is 2. The molecule has 0 aliphatic carbocycles. The van der Waals surface area contributed by atoms with E-state index in [1.54, 1.807) is 0 Å². The van der Waals surface area contributed by atoms with Crippen molar-refractivity contribution >= 4 is 17.5 Å². The average Bonchev–Trinajstić information content (AvgIpc) is 2.62. The molecule has 1 amide bonds. The first-order valence-electron chi connectivity index (χ1n) is 7.01. The molecule has 2 atom stereocenters. The molecule has 1 aromatic rings. The Morgan fingerprint density at radius 2 is 1.95 bits per heavy atom. The number of nitrogens with zero attached hydrogens (tertiary/aromatic N) is 3. The van der Waals surface area contributed by atoms with Crippen LogP contribution in [0.2, 0.25) is 5.02 Å². The minimum Gasteiger partial charge on any atom is -0.372 e. The van der Waals surface area contributed by atoms with Crippen LogP contribution in [0.5, 0.6) is 0 Å². The molecule has 2 unspecified atom stereocenters. The molecule has 0 aromatic carbocycles. The second-order valence-corrected chi connectivity index (χ2v) is 5.89. The summed E-state index contributed by atoms with van der Waals surface area (Å²) in [4.78, 5) is 14.1. The largest absolute Gasteiger partial charge is 0.372 e. The number of amides is 1. The number of rotatable bonds is 3. The van der Waals surface area contributed by atoms with Crippen LogP contribution >= 0.6 is 11.6 Å². The van der Waals surface area contributed by atoms with Gasteiger partial charge in [0, 0.05) is 19.5 Å². The van der Waals surface area contributed by atoms with Crippen LogP contribution in [0.25, 0.3) is 0 Å². The normalized spacial score (nSPS) is 23.1. The van der Waals surface area contributed by atoms with Gasteiger partial charge in [0.05, 0.1) is 35.2 Å². The SMILES string of the molecule is Cc1nn(CCC(=O)N2CC(C)OC(C)C2)c(C)c1Cl. The summed E-state index contributed by atoms with van der Waals surface area (Å²) in [5.74, 6) is 0.149. The van der Waals surface area contributed by atoms with Gasteiger partial charge in [-0.3, -0.25) is 9.48 Å². The van der Waals surface area contributed by atoms with Gasteiger partial charge >= 0.3 is 0 Å². The maximum atomic E-state index is 12.3. The lowest BCUT2D eigenvalue weighted by atomic mass is 10.2. The number of carbonyl (C=O) groups is 1. The van der Waals surface area contributed by atoms with Crippen molar-refractivity contribution in [1.29, 1.82) is 0 Å². The topological polar surface area (TPSA) is 47.4 Å². The van der Waals surface area contributed by atoms with E-state index in [2.05, 4.69) is 5.10 Å². The number of carbonyl (C=O) groups excluding carboxylic acids is 1. The van der Waals surface area contributed by atoms with E-state index in [4.69, 9.17) is 16.3 Å². The van der Waals surface area contributed by atoms with Gasteiger partial charge < -0.3 is 9.64 Å². The third kappa shape index (κ3) is 3.33. The molecule has 1 aliphatic heterocycles. The van der Waals surface area contributed by atoms with Gasteiger partial charge in [0.25, 0.3) is 0 Å². The lowest BCUT2D eigenvalue weighted by Crippen LogP contribution is -2.48. The van der Waals surface area contributed by atoms with E-state index in [0.717, 1.165) is 11.4 Å². The van der Waals surface area contributed by atoms with Crippen molar-refractivity contribution in [3.8, 4) is 0 Å². The van der Waals surface area contributed by atoms with Gasteiger partial charge in [0.2, 0.25) is 5.91 Å². The van der Waals surface area contributed by atoms with Crippen LogP contribution in [0.15, 0.2) is 0 Å². The minimum atomic E-state index is 0.103. The summed E-state index contributed by atoms with van der Waals surface area (Å²) in [6.07, 6.45) is 0.647. The highest BCUT2D eigenvalue weighted by molar-refractivity contribution is 6.31. The third-order valence-electron chi connectivity index (χ3n) is 3.60. The van der Waals surface area contributed by atoms with Crippen LogP contribution in [-0.4, -0.2) is 45.9 Å². The molecule has 0 N–H and O–H groups in total. The van der Waals surface area contributed by atoms with Gasteiger partial charge in [-0.2, -0.15) is 5.10 Å². The molecule has 0 radical (unpaired) electrons. The Bertz CT molecular complexity index is 491. The summed E-state index contributed by atoms with van der Waals surface area (Å²) in [7, 11) is 0. The van der Waals surface area contributed by atoms with E-state index < -0.39 is 0 Å². The van der Waals surface area contributed by atoms with Crippen LogP contribution in [0, 0.1) is 13.8 Å². The molecular weight excluding hydrogens is 278 g/mol. The van der Waals surface area contributed by atoms with Crippen LogP contribution in [-0.2, 0) is 16.1 Å². The Labute approximate surface area is 124 Å². The van der Waals surface area contributed by atoms with E-state index >= 15 is 0 Å². The van der Waals surface area contributed by atoms with E-state index in [1.807, 2.05) is 37.3 Å². The average molecular weight is 300 g/mol. The Balaban J connectivity index is 1.93. The fraction of sp³-hybridized carbons (Fsp3) is 0.714. The van der Waals surface area contributed by atoms with E-state index in [0.29, 0.717) is 31.1 Å². The van der Waals surface area contributed by atoms with Crippen molar-refractivity contribution in [2.45, 2.75) is 52.9 Å². The second-order valence-electron chi connectivity index (χ2n) is 5.51. The smallest absolute Gasteiger partial charge is 0.224 e. The summed E-state index contributed by atoms with van der Waals surface area (Å²) in [6.45, 7) is 9.69. The maximum Gasteiger partial charge on any atom is 0.224 e. The lowest BCUT2D eigenvalue weighted by Gasteiger charge is -2.35. The molecular formula is C14H22ClN3O2. The Morgan fingerprint density at radius 3 is 2.45 bits per heavy atom. The van der Waals surface area contributed by atoms with Crippen LogP contribution in [0.1, 0.15) is 31.7 Å². The van der Waals surface area contributed by atoms with Crippen molar-refractivity contribution < 1.29 is 9.53 Å². The van der Waals surface area contributed by atoms with Crippen molar-refractivity contribution in [2.24, 2.45) is 0 Å². The summed E-state index contributed by atoms with van der Waals surface area (Å²) in [5, 5.41) is 5.03. The molecule has 5 nitrogen and oxygen atoms in total. The molecule has 0 bridgehead atoms. The number of aryl methyl sites for hydroxylation is 2. The van der Waals surface area contributed by atoms with Crippen molar-refractivity contribution in [1.82, 2.24) is 14.7 Å². The minimum absolute atomic E-state index is 0.103. The van der Waals surface area contributed by atoms with Crippen molar-refractivity contribution in [3.05, 3.63) is 16.4 Å². The Hall–Kier alpha value is -1.07. The fourth-order valence-electron chi connectivity index (χ4n) is 2.63. The standard InChI is InChI=1S/C14H22ClN3O2/c1-9-7-17(8-10(2)20-9)13(19)5-6-18-12(4)14(15)11(3)16-18/h9-10H,5-8H2,1-4H3. The van der Waals surface area contributed by atoms with Gasteiger partial charge in [-0.1, -0.05) is 11.6 Å². The zero-order chi connectivity index (χ0) is 14.9. The number of hydrogen-bond acceptors (Lipinski definition) is 3. The third-order valence-corrected chi connectivity index (χ3v) is 4.15. The number of ether oxygens (including phenoxy) is 1. The maximum absolute atomic E-state index is 12.3.